The first-order valence-electron chi connectivity index (χ1n) is 10.0. The molecule has 0 atom stereocenters. The van der Waals surface area contributed by atoms with Gasteiger partial charge in [-0.15, -0.1) is 0 Å². The summed E-state index contributed by atoms with van der Waals surface area (Å²) < 4.78 is 66.1. The molecule has 1 N–H and O–H groups in total. The van der Waals surface area contributed by atoms with Crippen LogP contribution in [0.3, 0.4) is 0 Å². The normalized spacial score (nSPS) is 16.4. The van der Waals surface area contributed by atoms with Crippen molar-refractivity contribution in [3.63, 3.8) is 0 Å². The van der Waals surface area contributed by atoms with Crippen LogP contribution in [0.1, 0.15) is 30.7 Å². The lowest BCUT2D eigenvalue weighted by Gasteiger charge is -2.30. The molecule has 1 aromatic heterocycles. The predicted octanol–water partition coefficient (Wildman–Crippen LogP) is 2.82. The van der Waals surface area contributed by atoms with Crippen LogP contribution in [0.25, 0.3) is 0 Å². The summed E-state index contributed by atoms with van der Waals surface area (Å²) in [7, 11) is -3.56. The van der Waals surface area contributed by atoms with Crippen molar-refractivity contribution in [1.29, 1.82) is 0 Å². The summed E-state index contributed by atoms with van der Waals surface area (Å²) in [6, 6.07) is 9.18. The molecule has 1 aromatic carbocycles. The van der Waals surface area contributed by atoms with Gasteiger partial charge < -0.3 is 5.32 Å². The maximum atomic E-state index is 12.7. The number of carbonyl (C=O) groups excluding carboxylic acids is 1. The van der Waals surface area contributed by atoms with E-state index < -0.39 is 21.9 Å². The fourth-order valence-corrected chi connectivity index (χ4v) is 5.05. The quantitative estimate of drug-likeness (QED) is 0.647. The van der Waals surface area contributed by atoms with Crippen molar-refractivity contribution < 1.29 is 26.4 Å². The van der Waals surface area contributed by atoms with Crippen molar-refractivity contribution in [2.75, 3.05) is 19.6 Å². The number of rotatable bonds is 7. The Morgan fingerprint density at radius 1 is 1.19 bits per heavy atom. The summed E-state index contributed by atoms with van der Waals surface area (Å²) in [6.07, 6.45) is -3.20. The highest BCUT2D eigenvalue weighted by Crippen LogP contribution is 2.28. The number of hydrogen-bond acceptors (Lipinski definition) is 4. The Balaban J connectivity index is 1.43. The Labute approximate surface area is 179 Å². The molecule has 31 heavy (non-hydrogen) atoms. The summed E-state index contributed by atoms with van der Waals surface area (Å²) in [5.74, 6) is -0.449. The Morgan fingerprint density at radius 3 is 2.42 bits per heavy atom. The number of aromatic nitrogens is 2. The SMILES string of the molecule is Cc1cc(C(F)(F)F)nn1CCCNC(=O)C1CCN(S(=O)(=O)c2ccccc2)CC1. The van der Waals surface area contributed by atoms with E-state index in [1.807, 2.05) is 0 Å². The van der Waals surface area contributed by atoms with Gasteiger partial charge in [0.2, 0.25) is 15.9 Å². The molecular weight excluding hydrogens is 433 g/mol. The highest BCUT2D eigenvalue weighted by molar-refractivity contribution is 7.89. The molecule has 1 fully saturated rings. The molecule has 1 aliphatic heterocycles. The minimum atomic E-state index is -4.48. The van der Waals surface area contributed by atoms with Crippen molar-refractivity contribution >= 4 is 15.9 Å². The molecule has 2 aromatic rings. The number of amides is 1. The number of carbonyl (C=O) groups is 1. The van der Waals surface area contributed by atoms with Gasteiger partial charge in [0.1, 0.15) is 0 Å². The van der Waals surface area contributed by atoms with E-state index >= 15 is 0 Å². The van der Waals surface area contributed by atoms with Gasteiger partial charge in [0.05, 0.1) is 4.90 Å². The Morgan fingerprint density at radius 2 is 1.84 bits per heavy atom. The maximum Gasteiger partial charge on any atom is 0.435 e. The minimum Gasteiger partial charge on any atom is -0.356 e. The van der Waals surface area contributed by atoms with Crippen LogP contribution in [-0.4, -0.2) is 48.0 Å². The molecule has 11 heteroatoms. The van der Waals surface area contributed by atoms with E-state index in [1.165, 1.54) is 8.99 Å². The standard InChI is InChI=1S/C20H25F3N4O3S/c1-15-14-18(20(21,22)23)25-27(15)11-5-10-24-19(28)16-8-12-26(13-9-16)31(29,30)17-6-3-2-4-7-17/h2-4,6-7,14,16H,5,8-13H2,1H3,(H,24,28). The summed E-state index contributed by atoms with van der Waals surface area (Å²) >= 11 is 0. The first-order chi connectivity index (χ1) is 14.6. The number of hydrogen-bond donors (Lipinski definition) is 1. The van der Waals surface area contributed by atoms with Crippen LogP contribution in [0.15, 0.2) is 41.3 Å². The topological polar surface area (TPSA) is 84.3 Å². The predicted molar refractivity (Wildman–Crippen MR) is 108 cm³/mol. The molecule has 7 nitrogen and oxygen atoms in total. The number of alkyl halides is 3. The summed E-state index contributed by atoms with van der Waals surface area (Å²) in [4.78, 5) is 12.6. The van der Waals surface area contributed by atoms with E-state index in [1.54, 1.807) is 37.3 Å². The van der Waals surface area contributed by atoms with Gasteiger partial charge in [0.25, 0.3) is 0 Å². The van der Waals surface area contributed by atoms with E-state index in [0.717, 1.165) is 6.07 Å². The van der Waals surface area contributed by atoms with Gasteiger partial charge in [-0.2, -0.15) is 22.6 Å². The summed E-state index contributed by atoms with van der Waals surface area (Å²) in [5, 5.41) is 6.35. The van der Waals surface area contributed by atoms with Crippen LogP contribution in [-0.2, 0) is 27.5 Å². The first-order valence-corrected chi connectivity index (χ1v) is 11.5. The minimum absolute atomic E-state index is 0.162. The number of halogens is 3. The lowest BCUT2D eigenvalue weighted by Crippen LogP contribution is -2.43. The Bertz CT molecular complexity index is 998. The number of sulfonamides is 1. The van der Waals surface area contributed by atoms with E-state index in [0.29, 0.717) is 31.5 Å². The molecule has 2 heterocycles. The largest absolute Gasteiger partial charge is 0.435 e. The van der Waals surface area contributed by atoms with E-state index in [4.69, 9.17) is 0 Å². The summed E-state index contributed by atoms with van der Waals surface area (Å²) in [5.41, 5.74) is -0.517. The molecule has 1 amide bonds. The second kappa shape index (κ2) is 9.39. The Kier molecular flexibility index (Phi) is 7.05. The number of nitrogens with one attached hydrogen (secondary N) is 1. The third-order valence-corrected chi connectivity index (χ3v) is 7.24. The zero-order valence-corrected chi connectivity index (χ0v) is 17.9. The molecule has 0 bridgehead atoms. The van der Waals surface area contributed by atoms with Crippen LogP contribution in [0, 0.1) is 12.8 Å². The number of aryl methyl sites for hydroxylation is 2. The van der Waals surface area contributed by atoms with Crippen molar-refractivity contribution in [2.45, 2.75) is 43.8 Å². The lowest BCUT2D eigenvalue weighted by molar-refractivity contribution is -0.141. The smallest absolute Gasteiger partial charge is 0.356 e. The first kappa shape index (κ1) is 23.3. The van der Waals surface area contributed by atoms with Crippen molar-refractivity contribution in [1.82, 2.24) is 19.4 Å². The Hall–Kier alpha value is -2.40. The second-order valence-corrected chi connectivity index (χ2v) is 9.47. The lowest BCUT2D eigenvalue weighted by atomic mass is 9.97. The molecule has 170 valence electrons. The van der Waals surface area contributed by atoms with Crippen LogP contribution in [0.2, 0.25) is 0 Å². The van der Waals surface area contributed by atoms with Crippen molar-refractivity contribution in [2.24, 2.45) is 5.92 Å². The van der Waals surface area contributed by atoms with Crippen LogP contribution < -0.4 is 5.32 Å². The molecule has 0 spiro atoms. The molecule has 1 aliphatic rings. The van der Waals surface area contributed by atoms with Crippen molar-refractivity contribution in [3.05, 3.63) is 47.8 Å². The van der Waals surface area contributed by atoms with Gasteiger partial charge in [0.15, 0.2) is 5.69 Å². The van der Waals surface area contributed by atoms with Gasteiger partial charge in [-0.3, -0.25) is 9.48 Å². The van der Waals surface area contributed by atoms with E-state index in [-0.39, 0.29) is 36.4 Å². The average molecular weight is 459 g/mol. The van der Waals surface area contributed by atoms with Crippen molar-refractivity contribution in [3.8, 4) is 0 Å². The van der Waals surface area contributed by atoms with Gasteiger partial charge in [-0.1, -0.05) is 18.2 Å². The maximum absolute atomic E-state index is 12.7. The highest BCUT2D eigenvalue weighted by Gasteiger charge is 2.34. The van der Waals surface area contributed by atoms with E-state index in [9.17, 15) is 26.4 Å². The molecule has 0 saturated carbocycles. The zero-order chi connectivity index (χ0) is 22.6. The number of piperidine rings is 1. The van der Waals surface area contributed by atoms with Gasteiger partial charge in [-0.25, -0.2) is 8.42 Å². The van der Waals surface area contributed by atoms with Crippen LogP contribution >= 0.6 is 0 Å². The second-order valence-electron chi connectivity index (χ2n) is 7.53. The molecule has 1 saturated heterocycles. The van der Waals surface area contributed by atoms with Crippen LogP contribution in [0.5, 0.6) is 0 Å². The monoisotopic (exact) mass is 458 g/mol. The molecule has 0 radical (unpaired) electrons. The fourth-order valence-electron chi connectivity index (χ4n) is 3.56. The fraction of sp³-hybridized carbons (Fsp3) is 0.500. The number of nitrogens with zero attached hydrogens (tertiary/aromatic N) is 3. The molecule has 3 rings (SSSR count). The van der Waals surface area contributed by atoms with Gasteiger partial charge in [-0.05, 0) is 44.4 Å². The highest BCUT2D eigenvalue weighted by atomic mass is 32.2. The summed E-state index contributed by atoms with van der Waals surface area (Å²) in [6.45, 7) is 2.65. The number of benzene rings is 1. The van der Waals surface area contributed by atoms with Gasteiger partial charge in [0, 0.05) is 37.8 Å². The zero-order valence-electron chi connectivity index (χ0n) is 17.1. The third-order valence-electron chi connectivity index (χ3n) is 5.32. The van der Waals surface area contributed by atoms with Gasteiger partial charge >= 0.3 is 6.18 Å². The molecule has 0 aliphatic carbocycles. The molecular formula is C20H25F3N4O3S. The molecule has 0 unspecified atom stereocenters. The van der Waals surface area contributed by atoms with Crippen LogP contribution in [0.4, 0.5) is 13.2 Å². The van der Waals surface area contributed by atoms with E-state index in [2.05, 4.69) is 10.4 Å². The third kappa shape index (κ3) is 5.65. The average Bonchev–Trinajstić information content (AvgIpc) is 3.13.